The molecule has 2 aromatic heterocycles. The highest BCUT2D eigenvalue weighted by molar-refractivity contribution is 6.01. The van der Waals surface area contributed by atoms with Crippen LogP contribution in [-0.2, 0) is 28.0 Å². The van der Waals surface area contributed by atoms with E-state index >= 15 is 8.78 Å². The molecule has 5 aliphatic rings. The summed E-state index contributed by atoms with van der Waals surface area (Å²) in [5.41, 5.74) is 6.04. The highest BCUT2D eigenvalue weighted by Gasteiger charge is 2.39. The number of hydrogen-bond acceptors (Lipinski definition) is 11. The van der Waals surface area contributed by atoms with E-state index in [-0.39, 0.29) is 48.6 Å². The number of rotatable bonds is 5. The molecule has 2 aromatic carbocycles. The maximum atomic E-state index is 15.2. The van der Waals surface area contributed by atoms with Gasteiger partial charge in [0.25, 0.3) is 0 Å². The Morgan fingerprint density at radius 1 is 0.967 bits per heavy atom. The summed E-state index contributed by atoms with van der Waals surface area (Å²) < 4.78 is 38.3. The van der Waals surface area contributed by atoms with Crippen molar-refractivity contribution in [2.24, 2.45) is 18.9 Å². The van der Waals surface area contributed by atoms with Crippen LogP contribution in [0.15, 0.2) is 48.7 Å². The lowest BCUT2D eigenvalue weighted by atomic mass is 9.89. The van der Waals surface area contributed by atoms with Crippen LogP contribution in [0.4, 0.5) is 25.8 Å². The Balaban J connectivity index is 0.816. The quantitative estimate of drug-likeness (QED) is 0.262. The van der Waals surface area contributed by atoms with Gasteiger partial charge in [0.15, 0.2) is 5.78 Å². The normalized spacial score (nSPS) is 22.5. The van der Waals surface area contributed by atoms with Gasteiger partial charge in [-0.2, -0.15) is 5.10 Å². The lowest BCUT2D eigenvalue weighted by Crippen LogP contribution is -2.58. The number of piperidine rings is 1. The molecule has 5 aliphatic heterocycles. The first-order valence-electron chi connectivity index (χ1n) is 21.3. The van der Waals surface area contributed by atoms with Gasteiger partial charge in [-0.1, -0.05) is 13.0 Å². The number of anilines is 3. The highest BCUT2D eigenvalue weighted by atomic mass is 19.1. The van der Waals surface area contributed by atoms with Gasteiger partial charge in [-0.15, -0.1) is 0 Å². The van der Waals surface area contributed by atoms with Crippen LogP contribution >= 0.6 is 0 Å². The molecule has 9 rings (SSSR count). The second-order valence-corrected chi connectivity index (χ2v) is 17.3. The number of Topliss-reactive ketones (excluding diaryl/α,β-unsaturated/α-hetero) is 1. The number of aromatic nitrogens is 3. The number of nitrogens with zero attached hydrogens (tertiary/aromatic N) is 7. The van der Waals surface area contributed by atoms with E-state index in [1.165, 1.54) is 12.1 Å². The predicted octanol–water partition coefficient (Wildman–Crippen LogP) is 5.01. The first-order valence-corrected chi connectivity index (χ1v) is 21.3. The van der Waals surface area contributed by atoms with Gasteiger partial charge < -0.3 is 24.8 Å². The zero-order valence-electron chi connectivity index (χ0n) is 34.8. The summed E-state index contributed by atoms with van der Waals surface area (Å²) in [5, 5.41) is 10.2. The summed E-state index contributed by atoms with van der Waals surface area (Å²) in [6.45, 7) is 9.47. The molecule has 61 heavy (non-hydrogen) atoms. The number of benzene rings is 2. The monoisotopic (exact) mass is 835 g/mol. The third kappa shape index (κ3) is 8.17. The van der Waals surface area contributed by atoms with Crippen LogP contribution in [0.3, 0.4) is 0 Å². The molecule has 0 aliphatic carbocycles. The Bertz CT molecular complexity index is 2370. The van der Waals surface area contributed by atoms with Gasteiger partial charge in [-0.25, -0.2) is 13.5 Å². The number of amides is 3. The summed E-state index contributed by atoms with van der Waals surface area (Å²) in [5.74, 6) is -3.09. The smallest absolute Gasteiger partial charge is 0.234 e. The SMILES string of the molecule is Cc1cc2cc(n1)-c1cnn(C)c1OCCC[C@@H](C)CN1c3cc(CN4CCN(C(=O)C5CN(c6cc(F)c([C@H]7CCC(=O)NC7=O)c(F)c6)C5)CC4)ccc3NC1CC2=O. The van der Waals surface area contributed by atoms with Crippen molar-refractivity contribution in [3.05, 3.63) is 82.7 Å². The number of pyridine rings is 1. The molecule has 0 saturated carbocycles. The molecule has 14 nitrogen and oxygen atoms in total. The minimum absolute atomic E-state index is 0.0250. The second-order valence-electron chi connectivity index (χ2n) is 17.3. The van der Waals surface area contributed by atoms with Crippen molar-refractivity contribution in [2.45, 2.75) is 64.6 Å². The number of ketones is 1. The minimum atomic E-state index is -1.06. The number of aryl methyl sites for hydroxylation is 2. The maximum absolute atomic E-state index is 15.2. The summed E-state index contributed by atoms with van der Waals surface area (Å²) in [6.07, 6.45) is 3.72. The first kappa shape index (κ1) is 40.5. The molecule has 3 saturated heterocycles. The number of nitrogens with one attached hydrogen (secondary N) is 2. The molecule has 320 valence electrons. The average Bonchev–Trinajstić information content (AvgIpc) is 3.74. The van der Waals surface area contributed by atoms with Crippen molar-refractivity contribution < 1.29 is 32.7 Å². The lowest BCUT2D eigenvalue weighted by molar-refractivity contribution is -0.138. The number of ether oxygens (including phenoxy) is 1. The van der Waals surface area contributed by atoms with E-state index in [0.29, 0.717) is 74.6 Å². The number of carbonyl (C=O) groups is 4. The third-order valence-corrected chi connectivity index (χ3v) is 12.8. The van der Waals surface area contributed by atoms with Gasteiger partial charge in [-0.05, 0) is 74.1 Å². The molecule has 4 aromatic rings. The van der Waals surface area contributed by atoms with Crippen molar-refractivity contribution in [1.82, 2.24) is 29.9 Å². The van der Waals surface area contributed by atoms with Crippen LogP contribution in [0.2, 0.25) is 0 Å². The fourth-order valence-corrected chi connectivity index (χ4v) is 9.45. The fourth-order valence-electron chi connectivity index (χ4n) is 9.45. The summed E-state index contributed by atoms with van der Waals surface area (Å²) >= 11 is 0. The van der Waals surface area contributed by atoms with E-state index in [0.717, 1.165) is 54.1 Å². The van der Waals surface area contributed by atoms with Crippen LogP contribution in [0.25, 0.3) is 11.3 Å². The fraction of sp³-hybridized carbons (Fsp3) is 0.467. The Hall–Kier alpha value is -5.90. The molecule has 3 amide bonds. The van der Waals surface area contributed by atoms with Gasteiger partial charge >= 0.3 is 0 Å². The minimum Gasteiger partial charge on any atom is -0.477 e. The molecule has 7 heterocycles. The molecule has 3 fully saturated rings. The summed E-state index contributed by atoms with van der Waals surface area (Å²) in [4.78, 5) is 64.4. The van der Waals surface area contributed by atoms with E-state index < -0.39 is 29.4 Å². The molecule has 16 heteroatoms. The molecule has 2 bridgehead atoms. The average molecular weight is 836 g/mol. The molecule has 1 unspecified atom stereocenters. The molecular formula is C45H51F2N9O5. The summed E-state index contributed by atoms with van der Waals surface area (Å²) in [7, 11) is 1.85. The number of piperazine rings is 1. The Morgan fingerprint density at radius 3 is 2.49 bits per heavy atom. The second kappa shape index (κ2) is 16.5. The number of halogens is 2. The predicted molar refractivity (Wildman–Crippen MR) is 224 cm³/mol. The number of fused-ring (bicyclic) bond motifs is 7. The summed E-state index contributed by atoms with van der Waals surface area (Å²) in [6, 6.07) is 12.6. The molecule has 2 N–H and O–H groups in total. The van der Waals surface area contributed by atoms with Crippen LogP contribution in [0.5, 0.6) is 5.88 Å². The topological polar surface area (TPSA) is 145 Å². The van der Waals surface area contributed by atoms with Crippen LogP contribution in [-0.4, -0.2) is 107 Å². The first-order chi connectivity index (χ1) is 29.4. The zero-order chi connectivity index (χ0) is 42.5. The lowest BCUT2D eigenvalue weighted by Gasteiger charge is -2.44. The van der Waals surface area contributed by atoms with E-state index in [9.17, 15) is 19.2 Å². The highest BCUT2D eigenvalue weighted by Crippen LogP contribution is 2.39. The maximum Gasteiger partial charge on any atom is 0.234 e. The molecular weight excluding hydrogens is 785 g/mol. The molecule has 0 spiro atoms. The van der Waals surface area contributed by atoms with E-state index in [1.54, 1.807) is 15.8 Å². The largest absolute Gasteiger partial charge is 0.477 e. The van der Waals surface area contributed by atoms with Gasteiger partial charge in [-0.3, -0.25) is 34.4 Å². The van der Waals surface area contributed by atoms with Gasteiger partial charge in [0, 0.05) is 94.8 Å². The van der Waals surface area contributed by atoms with E-state index in [4.69, 9.17) is 9.72 Å². The van der Waals surface area contributed by atoms with Gasteiger partial charge in [0.05, 0.1) is 47.3 Å². The van der Waals surface area contributed by atoms with Crippen molar-refractivity contribution in [1.29, 1.82) is 0 Å². The van der Waals surface area contributed by atoms with Gasteiger partial charge in [0.2, 0.25) is 23.6 Å². The van der Waals surface area contributed by atoms with E-state index in [2.05, 4.69) is 50.7 Å². The Kier molecular flexibility index (Phi) is 11.0. The van der Waals surface area contributed by atoms with Crippen LogP contribution in [0, 0.1) is 30.4 Å². The Morgan fingerprint density at radius 2 is 1.74 bits per heavy atom. The van der Waals surface area contributed by atoms with Crippen LogP contribution < -0.4 is 25.2 Å². The zero-order valence-corrected chi connectivity index (χ0v) is 34.8. The third-order valence-electron chi connectivity index (χ3n) is 12.8. The number of hydrogen-bond donors (Lipinski definition) is 2. The van der Waals surface area contributed by atoms with Crippen LogP contribution in [0.1, 0.15) is 72.1 Å². The van der Waals surface area contributed by atoms with Crippen molar-refractivity contribution >= 4 is 40.6 Å². The van der Waals surface area contributed by atoms with Crippen molar-refractivity contribution in [3.8, 4) is 17.1 Å². The van der Waals surface area contributed by atoms with Crippen molar-refractivity contribution in [3.63, 3.8) is 0 Å². The van der Waals surface area contributed by atoms with Crippen molar-refractivity contribution in [2.75, 3.05) is 67.5 Å². The van der Waals surface area contributed by atoms with E-state index in [1.807, 2.05) is 31.0 Å². The standard InChI is InChI=1S/C45H51F2N9O5/c1-26-5-4-14-61-45-33(21-48-52(45)3)37-17-29(15-27(2)49-37)39(57)20-40-50-36-8-6-28(16-38(36)56(40)22-26)23-53-10-12-54(13-11-53)44(60)30-24-55(25-30)31-18-34(46)42(35(47)19-31)32-7-9-41(58)51-43(32)59/h6,8,15-19,21,26,30,32,40,50H,4-5,7,9-14,20,22-25H2,1-3H3,(H,51,58,59)/t26-,32-,40?/m1/s1. The molecule has 3 atom stereocenters. The number of imide groups is 1. The van der Waals surface area contributed by atoms with Gasteiger partial charge in [0.1, 0.15) is 17.8 Å². The Labute approximate surface area is 353 Å². The number of carbonyl (C=O) groups excluding carboxylic acids is 4. The molecule has 0 radical (unpaired) electrons.